The Kier molecular flexibility index (Phi) is 3.99. The number of hydrazone groups is 1. The van der Waals surface area contributed by atoms with Crippen LogP contribution in [-0.4, -0.2) is 30.6 Å². The first kappa shape index (κ1) is 13.6. The minimum Gasteiger partial charge on any atom is -0.454 e. The van der Waals surface area contributed by atoms with Crippen molar-refractivity contribution in [1.29, 1.82) is 0 Å². The predicted octanol–water partition coefficient (Wildman–Crippen LogP) is 1.40. The third kappa shape index (κ3) is 2.94. The summed E-state index contributed by atoms with van der Waals surface area (Å²) < 4.78 is 14.8. The zero-order valence-electron chi connectivity index (χ0n) is 10.5. The third-order valence-corrected chi connectivity index (χ3v) is 2.35. The SMILES string of the molecule is CCOC(=O)N/N=C/c1cc2c(cc1[N+](=O)[O-])OCO2. The Morgan fingerprint density at radius 3 is 2.90 bits per heavy atom. The molecule has 20 heavy (non-hydrogen) atoms. The molecule has 106 valence electrons. The van der Waals surface area contributed by atoms with Crippen LogP contribution in [0.5, 0.6) is 11.5 Å². The molecule has 0 radical (unpaired) electrons. The van der Waals surface area contributed by atoms with E-state index in [0.29, 0.717) is 11.5 Å². The summed E-state index contributed by atoms with van der Waals surface area (Å²) in [7, 11) is 0. The third-order valence-electron chi connectivity index (χ3n) is 2.35. The summed E-state index contributed by atoms with van der Waals surface area (Å²) in [5.74, 6) is 0.681. The molecule has 0 saturated heterocycles. The number of nitro groups is 1. The van der Waals surface area contributed by atoms with Crippen molar-refractivity contribution < 1.29 is 23.9 Å². The number of amides is 1. The van der Waals surface area contributed by atoms with Gasteiger partial charge in [0.1, 0.15) is 0 Å². The highest BCUT2D eigenvalue weighted by Crippen LogP contribution is 2.37. The number of nitro benzene ring substituents is 1. The van der Waals surface area contributed by atoms with Crippen LogP contribution >= 0.6 is 0 Å². The van der Waals surface area contributed by atoms with Gasteiger partial charge >= 0.3 is 6.09 Å². The van der Waals surface area contributed by atoms with Gasteiger partial charge in [-0.05, 0) is 13.0 Å². The number of carbonyl (C=O) groups is 1. The smallest absolute Gasteiger partial charge is 0.427 e. The van der Waals surface area contributed by atoms with Crippen LogP contribution in [0.1, 0.15) is 12.5 Å². The molecule has 1 heterocycles. The van der Waals surface area contributed by atoms with E-state index in [1.807, 2.05) is 0 Å². The average Bonchev–Trinajstić information content (AvgIpc) is 2.85. The molecule has 1 aliphatic heterocycles. The van der Waals surface area contributed by atoms with Crippen LogP contribution in [0.15, 0.2) is 17.2 Å². The van der Waals surface area contributed by atoms with Crippen LogP contribution < -0.4 is 14.9 Å². The number of hydrogen-bond donors (Lipinski definition) is 1. The van der Waals surface area contributed by atoms with Gasteiger partial charge in [-0.3, -0.25) is 10.1 Å². The Morgan fingerprint density at radius 2 is 2.25 bits per heavy atom. The predicted molar refractivity (Wildman–Crippen MR) is 67.0 cm³/mol. The Bertz CT molecular complexity index is 572. The van der Waals surface area contributed by atoms with E-state index in [0.717, 1.165) is 6.21 Å². The first-order chi connectivity index (χ1) is 9.61. The molecule has 1 amide bonds. The summed E-state index contributed by atoms with van der Waals surface area (Å²) in [6.07, 6.45) is 0.393. The Labute approximate surface area is 113 Å². The van der Waals surface area contributed by atoms with Gasteiger partial charge in [0.05, 0.1) is 29.4 Å². The van der Waals surface area contributed by atoms with E-state index in [4.69, 9.17) is 9.47 Å². The van der Waals surface area contributed by atoms with Crippen LogP contribution in [0.25, 0.3) is 0 Å². The molecule has 9 heteroatoms. The van der Waals surface area contributed by atoms with Crippen molar-refractivity contribution in [3.8, 4) is 11.5 Å². The first-order valence-corrected chi connectivity index (χ1v) is 5.65. The van der Waals surface area contributed by atoms with E-state index >= 15 is 0 Å². The van der Waals surface area contributed by atoms with Gasteiger partial charge in [0.2, 0.25) is 6.79 Å². The summed E-state index contributed by atoms with van der Waals surface area (Å²) in [5, 5.41) is 14.5. The van der Waals surface area contributed by atoms with Gasteiger partial charge in [0, 0.05) is 0 Å². The highest BCUT2D eigenvalue weighted by Gasteiger charge is 2.22. The van der Waals surface area contributed by atoms with Crippen LogP contribution in [-0.2, 0) is 4.74 Å². The number of rotatable bonds is 4. The second kappa shape index (κ2) is 5.87. The number of nitrogens with zero attached hydrogens (tertiary/aromatic N) is 2. The lowest BCUT2D eigenvalue weighted by atomic mass is 10.1. The average molecular weight is 281 g/mol. The molecule has 0 bridgehead atoms. The van der Waals surface area contributed by atoms with E-state index in [-0.39, 0.29) is 24.7 Å². The van der Waals surface area contributed by atoms with Crippen LogP contribution in [0.3, 0.4) is 0 Å². The largest absolute Gasteiger partial charge is 0.454 e. The monoisotopic (exact) mass is 281 g/mol. The summed E-state index contributed by atoms with van der Waals surface area (Å²) in [6.45, 7) is 1.85. The molecule has 1 N–H and O–H groups in total. The molecule has 0 aliphatic carbocycles. The highest BCUT2D eigenvalue weighted by molar-refractivity contribution is 5.87. The summed E-state index contributed by atoms with van der Waals surface area (Å²) in [6, 6.07) is 2.66. The van der Waals surface area contributed by atoms with Gasteiger partial charge in [0.15, 0.2) is 11.5 Å². The molecule has 0 aromatic heterocycles. The second-order valence-corrected chi connectivity index (χ2v) is 3.61. The fourth-order valence-corrected chi connectivity index (χ4v) is 1.53. The topological polar surface area (TPSA) is 112 Å². The number of carbonyl (C=O) groups excluding carboxylic acids is 1. The maximum atomic E-state index is 11.0. The number of fused-ring (bicyclic) bond motifs is 1. The van der Waals surface area contributed by atoms with Gasteiger partial charge in [-0.15, -0.1) is 0 Å². The molecule has 9 nitrogen and oxygen atoms in total. The van der Waals surface area contributed by atoms with Crippen molar-refractivity contribution in [2.75, 3.05) is 13.4 Å². The van der Waals surface area contributed by atoms with Crippen molar-refractivity contribution in [3.05, 3.63) is 27.8 Å². The molecule has 0 atom stereocenters. The lowest BCUT2D eigenvalue weighted by molar-refractivity contribution is -0.385. The molecule has 0 fully saturated rings. The quantitative estimate of drug-likeness (QED) is 0.507. The lowest BCUT2D eigenvalue weighted by Gasteiger charge is -2.01. The summed E-state index contributed by atoms with van der Waals surface area (Å²) in [4.78, 5) is 21.4. The van der Waals surface area contributed by atoms with E-state index in [1.165, 1.54) is 12.1 Å². The second-order valence-electron chi connectivity index (χ2n) is 3.61. The molecule has 0 spiro atoms. The molecule has 0 unspecified atom stereocenters. The van der Waals surface area contributed by atoms with Gasteiger partial charge < -0.3 is 14.2 Å². The Morgan fingerprint density at radius 1 is 1.55 bits per heavy atom. The van der Waals surface area contributed by atoms with Gasteiger partial charge in [-0.1, -0.05) is 0 Å². The fourth-order valence-electron chi connectivity index (χ4n) is 1.53. The fraction of sp³-hybridized carbons (Fsp3) is 0.273. The minimum atomic E-state index is -0.743. The van der Waals surface area contributed by atoms with E-state index < -0.39 is 11.0 Å². The van der Waals surface area contributed by atoms with Crippen molar-refractivity contribution in [2.24, 2.45) is 5.10 Å². The maximum Gasteiger partial charge on any atom is 0.427 e. The number of benzene rings is 1. The van der Waals surface area contributed by atoms with Crippen molar-refractivity contribution >= 4 is 18.0 Å². The molecular weight excluding hydrogens is 270 g/mol. The van der Waals surface area contributed by atoms with Crippen LogP contribution in [0, 0.1) is 10.1 Å². The Hall–Kier alpha value is -2.84. The van der Waals surface area contributed by atoms with E-state index in [2.05, 4.69) is 15.3 Å². The molecule has 0 saturated carbocycles. The highest BCUT2D eigenvalue weighted by atomic mass is 16.7. The molecule has 1 aliphatic rings. The summed E-state index contributed by atoms with van der Waals surface area (Å²) >= 11 is 0. The molecule has 1 aromatic rings. The van der Waals surface area contributed by atoms with Gasteiger partial charge in [-0.25, -0.2) is 10.2 Å². The number of ether oxygens (including phenoxy) is 3. The lowest BCUT2D eigenvalue weighted by Crippen LogP contribution is -2.18. The zero-order chi connectivity index (χ0) is 14.5. The summed E-state index contributed by atoms with van der Waals surface area (Å²) in [5.41, 5.74) is 2.05. The normalized spacial score (nSPS) is 12.4. The van der Waals surface area contributed by atoms with Crippen molar-refractivity contribution in [1.82, 2.24) is 5.43 Å². The van der Waals surface area contributed by atoms with Gasteiger partial charge in [0.25, 0.3) is 5.69 Å². The molecule has 1 aromatic carbocycles. The first-order valence-electron chi connectivity index (χ1n) is 5.65. The maximum absolute atomic E-state index is 11.0. The van der Waals surface area contributed by atoms with Crippen molar-refractivity contribution in [3.63, 3.8) is 0 Å². The minimum absolute atomic E-state index is 0.00809. The Balaban J connectivity index is 2.20. The molecule has 2 rings (SSSR count). The van der Waals surface area contributed by atoms with Gasteiger partial charge in [-0.2, -0.15) is 5.10 Å². The van der Waals surface area contributed by atoms with Crippen molar-refractivity contribution in [2.45, 2.75) is 6.92 Å². The van der Waals surface area contributed by atoms with E-state index in [9.17, 15) is 14.9 Å². The van der Waals surface area contributed by atoms with Crippen LogP contribution in [0.2, 0.25) is 0 Å². The van der Waals surface area contributed by atoms with Crippen LogP contribution in [0.4, 0.5) is 10.5 Å². The van der Waals surface area contributed by atoms with E-state index in [1.54, 1.807) is 6.92 Å². The zero-order valence-corrected chi connectivity index (χ0v) is 10.5. The number of hydrogen-bond acceptors (Lipinski definition) is 7. The standard InChI is InChI=1S/C11H11N3O6/c1-2-18-11(15)13-12-5-7-3-9-10(20-6-19-9)4-8(7)14(16)17/h3-5H,2,6H2,1H3,(H,13,15)/b12-5+. The number of nitrogens with one attached hydrogen (secondary N) is 1. The molecular formula is C11H11N3O6.